The Morgan fingerprint density at radius 3 is 2.45 bits per heavy atom. The fourth-order valence-corrected chi connectivity index (χ4v) is 2.32. The Balaban J connectivity index is 3.17. The predicted octanol–water partition coefficient (Wildman–Crippen LogP) is 4.40. The average Bonchev–Trinajstić information content (AvgIpc) is 2.40. The highest BCUT2D eigenvalue weighted by molar-refractivity contribution is 9.10. The third-order valence-corrected chi connectivity index (χ3v) is 3.48. The minimum Gasteiger partial charge on any atom is -0.497 e. The van der Waals surface area contributed by atoms with E-state index in [4.69, 9.17) is 4.74 Å². The predicted molar refractivity (Wildman–Crippen MR) is 72.7 cm³/mol. The molecule has 1 atom stereocenters. The molecule has 0 radical (unpaired) electrons. The summed E-state index contributed by atoms with van der Waals surface area (Å²) >= 11 is 3.12. The summed E-state index contributed by atoms with van der Waals surface area (Å²) in [7, 11) is 1.43. The fourth-order valence-electron chi connectivity index (χ4n) is 1.74. The number of benzene rings is 1. The van der Waals surface area contributed by atoms with Gasteiger partial charge in [0, 0.05) is 4.47 Å². The number of hydrogen-bond acceptors (Lipinski definition) is 2. The lowest BCUT2D eigenvalue weighted by Crippen LogP contribution is -2.43. The molecule has 7 heteroatoms. The first-order valence-corrected chi connectivity index (χ1v) is 6.86. The normalized spacial score (nSPS) is 13.6. The first kappa shape index (κ1) is 17.2. The minimum absolute atomic E-state index is 0.0737. The van der Waals surface area contributed by atoms with E-state index in [1.54, 1.807) is 6.92 Å². The molecule has 0 heterocycles. The Morgan fingerprint density at radius 1 is 1.35 bits per heavy atom. The van der Waals surface area contributed by atoms with E-state index >= 15 is 0 Å². The van der Waals surface area contributed by atoms with E-state index in [1.165, 1.54) is 25.3 Å². The van der Waals surface area contributed by atoms with Crippen molar-refractivity contribution in [2.24, 2.45) is 0 Å². The van der Waals surface area contributed by atoms with E-state index in [1.807, 2.05) is 0 Å². The van der Waals surface area contributed by atoms with Gasteiger partial charge in [0.15, 0.2) is 0 Å². The third kappa shape index (κ3) is 3.85. The topological polar surface area (TPSA) is 21.3 Å². The lowest BCUT2D eigenvalue weighted by Gasteiger charge is -2.28. The highest BCUT2D eigenvalue weighted by atomic mass is 79.9. The van der Waals surface area contributed by atoms with Crippen LogP contribution in [0.5, 0.6) is 5.75 Å². The molecule has 0 aliphatic carbocycles. The van der Waals surface area contributed by atoms with Crippen molar-refractivity contribution in [3.05, 3.63) is 28.2 Å². The summed E-state index contributed by atoms with van der Waals surface area (Å²) in [6.07, 6.45) is -3.19. The number of ether oxygens (including phenoxy) is 1. The number of methoxy groups -OCH3 is 1. The van der Waals surface area contributed by atoms with Gasteiger partial charge in [-0.3, -0.25) is 0 Å². The van der Waals surface area contributed by atoms with Crippen LogP contribution in [0.2, 0.25) is 0 Å². The van der Waals surface area contributed by atoms with Crippen molar-refractivity contribution in [3.8, 4) is 5.75 Å². The number of alkyl halides is 4. The quantitative estimate of drug-likeness (QED) is 0.730. The third-order valence-electron chi connectivity index (χ3n) is 2.79. The molecule has 114 valence electrons. The molecule has 0 fully saturated rings. The second-order valence-corrected chi connectivity index (χ2v) is 5.10. The average molecular weight is 358 g/mol. The molecule has 0 aliphatic rings. The van der Waals surface area contributed by atoms with Gasteiger partial charge < -0.3 is 10.1 Å². The van der Waals surface area contributed by atoms with Crippen LogP contribution in [0.15, 0.2) is 22.7 Å². The smallest absolute Gasteiger partial charge is 0.326 e. The molecule has 0 aliphatic heterocycles. The summed E-state index contributed by atoms with van der Waals surface area (Å²) in [5.41, 5.74) is 0.0737. The Hall–Kier alpha value is -0.820. The van der Waals surface area contributed by atoms with Crippen LogP contribution in [-0.4, -0.2) is 26.0 Å². The van der Waals surface area contributed by atoms with E-state index in [0.29, 0.717) is 16.6 Å². The second kappa shape index (κ2) is 7.26. The zero-order chi connectivity index (χ0) is 15.3. The van der Waals surface area contributed by atoms with Crippen LogP contribution in [0.3, 0.4) is 0 Å². The van der Waals surface area contributed by atoms with Crippen LogP contribution in [0.4, 0.5) is 17.6 Å². The largest absolute Gasteiger partial charge is 0.497 e. The maximum Gasteiger partial charge on any atom is 0.326 e. The summed E-state index contributed by atoms with van der Waals surface area (Å²) in [5.74, 6) is -3.71. The van der Waals surface area contributed by atoms with Gasteiger partial charge in [0.1, 0.15) is 11.8 Å². The lowest BCUT2D eigenvalue weighted by molar-refractivity contribution is -0.151. The number of rotatable bonds is 7. The fraction of sp³-hybridized carbons (Fsp3) is 0.538. The zero-order valence-electron chi connectivity index (χ0n) is 11.1. The van der Waals surface area contributed by atoms with Gasteiger partial charge in [-0.25, -0.2) is 8.78 Å². The highest BCUT2D eigenvalue weighted by Crippen LogP contribution is 2.40. The highest BCUT2D eigenvalue weighted by Gasteiger charge is 2.49. The van der Waals surface area contributed by atoms with E-state index < -0.39 is 18.4 Å². The van der Waals surface area contributed by atoms with Crippen LogP contribution in [0.1, 0.15) is 24.9 Å². The molecule has 0 bridgehead atoms. The van der Waals surface area contributed by atoms with Crippen molar-refractivity contribution >= 4 is 15.9 Å². The van der Waals surface area contributed by atoms with E-state index in [2.05, 4.69) is 21.2 Å². The molecule has 0 spiro atoms. The van der Waals surface area contributed by atoms with E-state index in [9.17, 15) is 17.6 Å². The molecule has 0 saturated heterocycles. The van der Waals surface area contributed by atoms with Crippen LogP contribution in [-0.2, 0) is 0 Å². The maximum atomic E-state index is 13.7. The molecule has 1 aromatic carbocycles. The molecule has 1 N–H and O–H groups in total. The first-order chi connectivity index (χ1) is 9.34. The summed E-state index contributed by atoms with van der Waals surface area (Å²) in [6, 6.07) is 2.52. The molecule has 0 saturated carbocycles. The molecular formula is C13H16BrF4NO. The molecule has 0 amide bonds. The molecule has 1 unspecified atom stereocenters. The Morgan fingerprint density at radius 2 is 2.00 bits per heavy atom. The number of nitrogens with one attached hydrogen (secondary N) is 1. The summed E-state index contributed by atoms with van der Waals surface area (Å²) in [5, 5.41) is 2.48. The van der Waals surface area contributed by atoms with Crippen molar-refractivity contribution in [1.82, 2.24) is 5.32 Å². The van der Waals surface area contributed by atoms with Gasteiger partial charge in [-0.05, 0) is 30.7 Å². The van der Waals surface area contributed by atoms with E-state index in [0.717, 1.165) is 0 Å². The number of hydrogen-bond donors (Lipinski definition) is 1. The van der Waals surface area contributed by atoms with Crippen molar-refractivity contribution in [1.29, 1.82) is 0 Å². The molecule has 20 heavy (non-hydrogen) atoms. The van der Waals surface area contributed by atoms with Crippen molar-refractivity contribution in [2.75, 3.05) is 13.7 Å². The van der Waals surface area contributed by atoms with Crippen LogP contribution < -0.4 is 10.1 Å². The Labute approximate surface area is 123 Å². The van der Waals surface area contributed by atoms with Gasteiger partial charge in [-0.2, -0.15) is 8.78 Å². The molecule has 0 aromatic heterocycles. The molecule has 1 rings (SSSR count). The zero-order valence-corrected chi connectivity index (χ0v) is 12.7. The Kier molecular flexibility index (Phi) is 6.26. The van der Waals surface area contributed by atoms with E-state index in [-0.39, 0.29) is 12.1 Å². The summed E-state index contributed by atoms with van der Waals surface area (Å²) < 4.78 is 57.9. The Bertz CT molecular complexity index is 442. The van der Waals surface area contributed by atoms with Crippen molar-refractivity contribution < 1.29 is 22.3 Å². The molecule has 1 aromatic rings. The number of halogens is 5. The summed E-state index contributed by atoms with van der Waals surface area (Å²) in [4.78, 5) is 0. The van der Waals surface area contributed by atoms with Gasteiger partial charge in [-0.1, -0.05) is 28.9 Å². The van der Waals surface area contributed by atoms with Gasteiger partial charge in [0.2, 0.25) is 0 Å². The van der Waals surface area contributed by atoms with Crippen LogP contribution >= 0.6 is 15.9 Å². The van der Waals surface area contributed by atoms with Crippen LogP contribution in [0.25, 0.3) is 0 Å². The monoisotopic (exact) mass is 357 g/mol. The lowest BCUT2D eigenvalue weighted by atomic mass is 10.00. The molecular weight excluding hydrogens is 342 g/mol. The van der Waals surface area contributed by atoms with Gasteiger partial charge in [0.25, 0.3) is 0 Å². The molecule has 2 nitrogen and oxygen atoms in total. The summed E-state index contributed by atoms with van der Waals surface area (Å²) in [6.45, 7) is 1.99. The first-order valence-electron chi connectivity index (χ1n) is 6.07. The second-order valence-electron chi connectivity index (χ2n) is 4.25. The van der Waals surface area contributed by atoms with Gasteiger partial charge >= 0.3 is 12.3 Å². The maximum absolute atomic E-state index is 13.7. The van der Waals surface area contributed by atoms with Gasteiger partial charge in [-0.15, -0.1) is 0 Å². The van der Waals surface area contributed by atoms with Gasteiger partial charge in [0.05, 0.1) is 7.11 Å². The minimum atomic E-state index is -4.16. The van der Waals surface area contributed by atoms with Crippen molar-refractivity contribution in [2.45, 2.75) is 31.7 Å². The van der Waals surface area contributed by atoms with Crippen molar-refractivity contribution in [3.63, 3.8) is 0 Å². The SMILES string of the molecule is CCCNC(c1ccc(OC)cc1Br)C(F)(F)C(F)F. The van der Waals surface area contributed by atoms with Crippen LogP contribution in [0, 0.1) is 0 Å². The standard InChI is InChI=1S/C13H16BrF4NO/c1-3-6-19-11(13(17,18)12(15)16)9-5-4-8(20-2)7-10(9)14/h4-5,7,11-12,19H,3,6H2,1-2H3.